The van der Waals surface area contributed by atoms with Crippen molar-refractivity contribution in [3.8, 4) is 0 Å². The molecule has 5 nitrogen and oxygen atoms in total. The number of hydrogen-bond donors (Lipinski definition) is 3. The van der Waals surface area contributed by atoms with Gasteiger partial charge < -0.3 is 10.1 Å². The number of nitrogens with one attached hydrogen (secondary N) is 2. The van der Waals surface area contributed by atoms with Gasteiger partial charge in [-0.05, 0) is 12.8 Å². The summed E-state index contributed by atoms with van der Waals surface area (Å²) in [5.74, 6) is 6.15. The maximum Gasteiger partial charge on any atom is 0.205 e. The second kappa shape index (κ2) is 6.21. The Bertz CT molecular complexity index is 265. The van der Waals surface area contributed by atoms with Crippen LogP contribution in [0.5, 0.6) is 0 Å². The van der Waals surface area contributed by atoms with Crippen molar-refractivity contribution in [3.63, 3.8) is 0 Å². The van der Waals surface area contributed by atoms with Crippen molar-refractivity contribution in [2.45, 2.75) is 52.2 Å². The minimum absolute atomic E-state index is 0.122. The normalized spacial score (nSPS) is 27.5. The Hall–Kier alpha value is -0.810. The number of methoxy groups -OCH3 is 1. The second-order valence-corrected chi connectivity index (χ2v) is 5.21. The standard InChI is InChI=1S/C12H26N4O/c1-5-6-7-14-11(16-13)15-9-8-10(17-4)12(9,2)3/h9-10H,5-8,13H2,1-4H3,(H2,14,15,16). The summed E-state index contributed by atoms with van der Waals surface area (Å²) in [5, 5.41) is 3.35. The third-order valence-corrected chi connectivity index (χ3v) is 3.69. The number of nitrogens with two attached hydrogens (primary N) is 1. The van der Waals surface area contributed by atoms with E-state index in [9.17, 15) is 0 Å². The van der Waals surface area contributed by atoms with E-state index in [1.165, 1.54) is 0 Å². The van der Waals surface area contributed by atoms with Crippen molar-refractivity contribution in [2.75, 3.05) is 13.7 Å². The number of nitrogens with zero attached hydrogens (tertiary/aromatic N) is 1. The lowest BCUT2D eigenvalue weighted by molar-refractivity contribution is -0.0922. The molecule has 0 heterocycles. The topological polar surface area (TPSA) is 71.7 Å². The van der Waals surface area contributed by atoms with Gasteiger partial charge in [0, 0.05) is 25.1 Å². The van der Waals surface area contributed by atoms with E-state index < -0.39 is 0 Å². The first kappa shape index (κ1) is 14.3. The molecule has 1 saturated carbocycles. The third-order valence-electron chi connectivity index (χ3n) is 3.69. The minimum atomic E-state index is 0.122. The van der Waals surface area contributed by atoms with E-state index in [0.29, 0.717) is 18.1 Å². The van der Waals surface area contributed by atoms with Gasteiger partial charge in [-0.15, -0.1) is 0 Å². The van der Waals surface area contributed by atoms with Crippen LogP contribution in [0, 0.1) is 5.41 Å². The van der Waals surface area contributed by atoms with E-state index in [2.05, 4.69) is 36.5 Å². The summed E-state index contributed by atoms with van der Waals surface area (Å²) in [6.07, 6.45) is 3.54. The summed E-state index contributed by atoms with van der Waals surface area (Å²) >= 11 is 0. The fourth-order valence-electron chi connectivity index (χ4n) is 2.18. The van der Waals surface area contributed by atoms with Crippen LogP contribution in [0.4, 0.5) is 0 Å². The summed E-state index contributed by atoms with van der Waals surface area (Å²) in [4.78, 5) is 4.40. The van der Waals surface area contributed by atoms with E-state index in [4.69, 9.17) is 10.6 Å². The Kier molecular flexibility index (Phi) is 5.21. The molecule has 0 spiro atoms. The maximum absolute atomic E-state index is 5.46. The van der Waals surface area contributed by atoms with Crippen molar-refractivity contribution < 1.29 is 4.74 Å². The smallest absolute Gasteiger partial charge is 0.205 e. The Labute approximate surface area is 104 Å². The van der Waals surface area contributed by atoms with Gasteiger partial charge >= 0.3 is 0 Å². The summed E-state index contributed by atoms with van der Waals surface area (Å²) in [6, 6.07) is 0.365. The molecular weight excluding hydrogens is 216 g/mol. The number of aliphatic imine (C=N–C) groups is 1. The lowest BCUT2D eigenvalue weighted by atomic mass is 9.64. The van der Waals surface area contributed by atoms with Crippen LogP contribution in [0.15, 0.2) is 4.99 Å². The van der Waals surface area contributed by atoms with Crippen LogP contribution < -0.4 is 16.6 Å². The van der Waals surface area contributed by atoms with Crippen molar-refractivity contribution in [1.82, 2.24) is 10.7 Å². The van der Waals surface area contributed by atoms with Crippen molar-refractivity contribution in [2.24, 2.45) is 16.3 Å². The quantitative estimate of drug-likeness (QED) is 0.221. The first-order chi connectivity index (χ1) is 8.06. The molecule has 5 heteroatoms. The highest BCUT2D eigenvalue weighted by Crippen LogP contribution is 2.42. The molecule has 4 N–H and O–H groups in total. The average Bonchev–Trinajstić information content (AvgIpc) is 2.31. The van der Waals surface area contributed by atoms with Gasteiger partial charge in [0.05, 0.1) is 6.10 Å². The van der Waals surface area contributed by atoms with Crippen LogP contribution in [-0.4, -0.2) is 31.8 Å². The lowest BCUT2D eigenvalue weighted by Crippen LogP contribution is -2.63. The van der Waals surface area contributed by atoms with Crippen LogP contribution in [0.25, 0.3) is 0 Å². The summed E-state index contributed by atoms with van der Waals surface area (Å²) in [6.45, 7) is 7.35. The number of hydrogen-bond acceptors (Lipinski definition) is 3. The maximum atomic E-state index is 5.46. The summed E-state index contributed by atoms with van der Waals surface area (Å²) in [5.41, 5.74) is 2.75. The predicted octanol–water partition coefficient (Wildman–Crippen LogP) is 1.01. The number of guanidine groups is 1. The van der Waals surface area contributed by atoms with Crippen LogP contribution >= 0.6 is 0 Å². The summed E-state index contributed by atoms with van der Waals surface area (Å²) < 4.78 is 5.41. The van der Waals surface area contributed by atoms with Crippen molar-refractivity contribution in [3.05, 3.63) is 0 Å². The van der Waals surface area contributed by atoms with Gasteiger partial charge in [-0.3, -0.25) is 10.4 Å². The molecule has 0 aliphatic heterocycles. The van der Waals surface area contributed by atoms with E-state index in [0.717, 1.165) is 25.8 Å². The number of rotatable bonds is 5. The second-order valence-electron chi connectivity index (χ2n) is 5.21. The molecule has 0 bridgehead atoms. The van der Waals surface area contributed by atoms with Gasteiger partial charge in [-0.2, -0.15) is 0 Å². The van der Waals surface area contributed by atoms with Gasteiger partial charge in [-0.25, -0.2) is 5.84 Å². The largest absolute Gasteiger partial charge is 0.381 e. The van der Waals surface area contributed by atoms with Crippen molar-refractivity contribution in [1.29, 1.82) is 0 Å². The van der Waals surface area contributed by atoms with E-state index in [1.54, 1.807) is 7.11 Å². The van der Waals surface area contributed by atoms with Gasteiger partial charge in [0.25, 0.3) is 0 Å². The molecule has 2 unspecified atom stereocenters. The molecular formula is C12H26N4O. The Morgan fingerprint density at radius 1 is 1.53 bits per heavy atom. The SMILES string of the molecule is CCCCN=C(NN)NC1CC(OC)C1(C)C. The molecule has 2 atom stereocenters. The molecule has 100 valence electrons. The molecule has 0 radical (unpaired) electrons. The average molecular weight is 242 g/mol. The zero-order valence-corrected chi connectivity index (χ0v) is 11.4. The monoisotopic (exact) mass is 242 g/mol. The molecule has 0 amide bonds. The number of hydrazine groups is 1. The molecule has 0 aromatic heterocycles. The van der Waals surface area contributed by atoms with Crippen LogP contribution in [0.3, 0.4) is 0 Å². The zero-order chi connectivity index (χ0) is 12.9. The van der Waals surface area contributed by atoms with Gasteiger partial charge in [0.15, 0.2) is 0 Å². The molecule has 1 aliphatic rings. The molecule has 1 fully saturated rings. The first-order valence-corrected chi connectivity index (χ1v) is 6.36. The van der Waals surface area contributed by atoms with Crippen LogP contribution in [0.2, 0.25) is 0 Å². The molecule has 0 saturated heterocycles. The first-order valence-electron chi connectivity index (χ1n) is 6.36. The fourth-order valence-corrected chi connectivity index (χ4v) is 2.18. The number of unbranched alkanes of at least 4 members (excludes halogenated alkanes) is 1. The molecule has 17 heavy (non-hydrogen) atoms. The molecule has 0 aromatic rings. The molecule has 1 aliphatic carbocycles. The molecule has 1 rings (SSSR count). The summed E-state index contributed by atoms with van der Waals surface area (Å²) in [7, 11) is 1.76. The lowest BCUT2D eigenvalue weighted by Gasteiger charge is -2.51. The van der Waals surface area contributed by atoms with E-state index >= 15 is 0 Å². The Morgan fingerprint density at radius 2 is 2.24 bits per heavy atom. The highest BCUT2D eigenvalue weighted by atomic mass is 16.5. The van der Waals surface area contributed by atoms with E-state index in [1.807, 2.05) is 0 Å². The zero-order valence-electron chi connectivity index (χ0n) is 11.4. The predicted molar refractivity (Wildman–Crippen MR) is 70.7 cm³/mol. The number of ether oxygens (including phenoxy) is 1. The molecule has 0 aromatic carbocycles. The van der Waals surface area contributed by atoms with Crippen LogP contribution in [-0.2, 0) is 4.74 Å². The van der Waals surface area contributed by atoms with Gasteiger partial charge in [0.1, 0.15) is 0 Å². The highest BCUT2D eigenvalue weighted by Gasteiger charge is 2.48. The Balaban J connectivity index is 2.45. The van der Waals surface area contributed by atoms with Gasteiger partial charge in [-0.1, -0.05) is 27.2 Å². The van der Waals surface area contributed by atoms with Gasteiger partial charge in [0.2, 0.25) is 5.96 Å². The Morgan fingerprint density at radius 3 is 2.71 bits per heavy atom. The van der Waals surface area contributed by atoms with Crippen LogP contribution in [0.1, 0.15) is 40.0 Å². The van der Waals surface area contributed by atoms with E-state index in [-0.39, 0.29) is 5.41 Å². The van der Waals surface area contributed by atoms with Crippen molar-refractivity contribution >= 4 is 5.96 Å². The minimum Gasteiger partial charge on any atom is -0.381 e. The fraction of sp³-hybridized carbons (Fsp3) is 0.917. The highest BCUT2D eigenvalue weighted by molar-refractivity contribution is 5.79. The third kappa shape index (κ3) is 3.33.